The van der Waals surface area contributed by atoms with Gasteiger partial charge in [0.1, 0.15) is 11.5 Å². The maximum absolute atomic E-state index is 12.7. The van der Waals surface area contributed by atoms with Crippen LogP contribution < -0.4 is 4.74 Å². The standard InChI is InChI=1S/C14H14N2O6S/c1-21-9-2-4-10(5-3-9)23(19,20)16-7-6-12-11(8-16)13(14(17)18)15-22-12/h2-5H,6-8H2,1H3,(H,17,18). The monoisotopic (exact) mass is 338 g/mol. The van der Waals surface area contributed by atoms with Crippen molar-refractivity contribution in [2.24, 2.45) is 0 Å². The molecule has 0 saturated heterocycles. The maximum Gasteiger partial charge on any atom is 0.358 e. The Labute approximate surface area is 132 Å². The fourth-order valence-electron chi connectivity index (χ4n) is 2.45. The zero-order valence-electron chi connectivity index (χ0n) is 12.2. The van der Waals surface area contributed by atoms with E-state index in [9.17, 15) is 13.2 Å². The first-order chi connectivity index (χ1) is 10.9. The van der Waals surface area contributed by atoms with Crippen LogP contribution in [0.15, 0.2) is 33.7 Å². The van der Waals surface area contributed by atoms with Gasteiger partial charge in [0.05, 0.1) is 12.0 Å². The smallest absolute Gasteiger partial charge is 0.358 e. The van der Waals surface area contributed by atoms with E-state index in [0.29, 0.717) is 17.1 Å². The minimum absolute atomic E-state index is 0.0746. The summed E-state index contributed by atoms with van der Waals surface area (Å²) in [7, 11) is -2.24. The van der Waals surface area contributed by atoms with Gasteiger partial charge in [-0.25, -0.2) is 13.2 Å². The molecule has 1 aliphatic heterocycles. The predicted molar refractivity (Wildman–Crippen MR) is 77.8 cm³/mol. The molecule has 3 rings (SSSR count). The molecule has 0 radical (unpaired) electrons. The van der Waals surface area contributed by atoms with E-state index >= 15 is 0 Å². The molecular weight excluding hydrogens is 324 g/mol. The van der Waals surface area contributed by atoms with Crippen LogP contribution in [0.5, 0.6) is 5.75 Å². The van der Waals surface area contributed by atoms with Crippen LogP contribution in [0.3, 0.4) is 0 Å². The summed E-state index contributed by atoms with van der Waals surface area (Å²) in [6, 6.07) is 6.03. The Morgan fingerprint density at radius 2 is 2.04 bits per heavy atom. The lowest BCUT2D eigenvalue weighted by molar-refractivity contribution is 0.0684. The molecule has 0 saturated carbocycles. The number of ether oxygens (including phenoxy) is 1. The van der Waals surface area contributed by atoms with E-state index in [1.807, 2.05) is 0 Å². The number of nitrogens with zero attached hydrogens (tertiary/aromatic N) is 2. The third kappa shape index (κ3) is 2.68. The Hall–Kier alpha value is -2.39. The second kappa shape index (κ2) is 5.67. The Morgan fingerprint density at radius 1 is 1.35 bits per heavy atom. The number of carboxylic acid groups (broad SMARTS) is 1. The summed E-state index contributed by atoms with van der Waals surface area (Å²) in [5.74, 6) is -0.264. The summed E-state index contributed by atoms with van der Waals surface area (Å²) >= 11 is 0. The van der Waals surface area contributed by atoms with Gasteiger partial charge in [0.2, 0.25) is 10.0 Å². The molecule has 0 amide bonds. The number of aromatic carboxylic acids is 1. The fourth-order valence-corrected chi connectivity index (χ4v) is 3.86. The first kappa shape index (κ1) is 15.5. The maximum atomic E-state index is 12.7. The summed E-state index contributed by atoms with van der Waals surface area (Å²) in [6.45, 7) is 0.129. The third-order valence-electron chi connectivity index (χ3n) is 3.69. The van der Waals surface area contributed by atoms with Gasteiger partial charge < -0.3 is 14.4 Å². The highest BCUT2D eigenvalue weighted by atomic mass is 32.2. The molecule has 2 aromatic rings. The number of carbonyl (C=O) groups is 1. The SMILES string of the molecule is COc1ccc(S(=O)(=O)N2CCc3onc(C(=O)O)c3C2)cc1. The third-order valence-corrected chi connectivity index (χ3v) is 5.55. The van der Waals surface area contributed by atoms with Crippen LogP contribution in [0, 0.1) is 0 Å². The molecular formula is C14H14N2O6S. The van der Waals surface area contributed by atoms with Gasteiger partial charge in [0, 0.05) is 25.1 Å². The number of rotatable bonds is 4. The van der Waals surface area contributed by atoms with Gasteiger partial charge in [-0.1, -0.05) is 5.16 Å². The van der Waals surface area contributed by atoms with Crippen molar-refractivity contribution in [1.29, 1.82) is 0 Å². The summed E-state index contributed by atoms with van der Waals surface area (Å²) in [5, 5.41) is 12.6. The second-order valence-corrected chi connectivity index (χ2v) is 6.94. The largest absolute Gasteiger partial charge is 0.497 e. The van der Waals surface area contributed by atoms with Crippen LogP contribution in [0.4, 0.5) is 0 Å². The summed E-state index contributed by atoms with van der Waals surface area (Å²) < 4.78 is 36.6. The molecule has 0 atom stereocenters. The van der Waals surface area contributed by atoms with Crippen LogP contribution in [0.1, 0.15) is 21.8 Å². The molecule has 0 spiro atoms. The molecule has 0 fully saturated rings. The van der Waals surface area contributed by atoms with Crippen molar-refractivity contribution < 1.29 is 27.6 Å². The quantitative estimate of drug-likeness (QED) is 0.889. The Kier molecular flexibility index (Phi) is 3.82. The number of hydrogen-bond acceptors (Lipinski definition) is 6. The molecule has 1 aliphatic rings. The van der Waals surface area contributed by atoms with Crippen molar-refractivity contribution in [3.05, 3.63) is 41.3 Å². The highest BCUT2D eigenvalue weighted by molar-refractivity contribution is 7.89. The highest BCUT2D eigenvalue weighted by Crippen LogP contribution is 2.27. The number of carboxylic acids is 1. The number of sulfonamides is 1. The van der Waals surface area contributed by atoms with E-state index in [0.717, 1.165) is 0 Å². The van der Waals surface area contributed by atoms with Crippen LogP contribution in [0.25, 0.3) is 0 Å². The van der Waals surface area contributed by atoms with Gasteiger partial charge in [0.25, 0.3) is 0 Å². The predicted octanol–water partition coefficient (Wildman–Crippen LogP) is 1.13. The molecule has 0 aliphatic carbocycles. The van der Waals surface area contributed by atoms with Gasteiger partial charge in [0.15, 0.2) is 5.69 Å². The highest BCUT2D eigenvalue weighted by Gasteiger charge is 2.33. The van der Waals surface area contributed by atoms with Crippen LogP contribution >= 0.6 is 0 Å². The van der Waals surface area contributed by atoms with Gasteiger partial charge >= 0.3 is 5.97 Å². The molecule has 2 heterocycles. The van der Waals surface area contributed by atoms with Crippen molar-refractivity contribution in [3.8, 4) is 5.75 Å². The molecule has 0 bridgehead atoms. The average Bonchev–Trinajstić information content (AvgIpc) is 2.98. The van der Waals surface area contributed by atoms with Crippen LogP contribution in [-0.2, 0) is 23.0 Å². The summed E-state index contributed by atoms with van der Waals surface area (Å²) in [5.41, 5.74) is 0.0652. The van der Waals surface area contributed by atoms with Crippen molar-refractivity contribution in [3.63, 3.8) is 0 Å². The lowest BCUT2D eigenvalue weighted by atomic mass is 10.1. The van der Waals surface area contributed by atoms with E-state index in [1.54, 1.807) is 12.1 Å². The molecule has 23 heavy (non-hydrogen) atoms. The number of fused-ring (bicyclic) bond motifs is 1. The van der Waals surface area contributed by atoms with Crippen molar-refractivity contribution in [2.75, 3.05) is 13.7 Å². The molecule has 0 unspecified atom stereocenters. The Balaban J connectivity index is 1.92. The number of aromatic nitrogens is 1. The topological polar surface area (TPSA) is 110 Å². The van der Waals surface area contributed by atoms with Crippen molar-refractivity contribution in [2.45, 2.75) is 17.9 Å². The van der Waals surface area contributed by atoms with E-state index in [4.69, 9.17) is 14.4 Å². The normalized spacial score (nSPS) is 15.2. The van der Waals surface area contributed by atoms with E-state index < -0.39 is 16.0 Å². The Bertz CT molecular complexity index is 841. The molecule has 8 nitrogen and oxygen atoms in total. The summed E-state index contributed by atoms with van der Waals surface area (Å²) in [6.07, 6.45) is 0.283. The number of methoxy groups -OCH3 is 1. The molecule has 122 valence electrons. The summed E-state index contributed by atoms with van der Waals surface area (Å²) in [4.78, 5) is 11.2. The number of benzene rings is 1. The second-order valence-electron chi connectivity index (χ2n) is 5.00. The molecule has 9 heteroatoms. The van der Waals surface area contributed by atoms with Gasteiger partial charge in [-0.2, -0.15) is 4.31 Å². The molecule has 1 aromatic heterocycles. The molecule has 1 N–H and O–H groups in total. The first-order valence-electron chi connectivity index (χ1n) is 6.78. The van der Waals surface area contributed by atoms with Gasteiger partial charge in [-0.05, 0) is 24.3 Å². The average molecular weight is 338 g/mol. The lowest BCUT2D eigenvalue weighted by Gasteiger charge is -2.25. The zero-order valence-corrected chi connectivity index (χ0v) is 13.0. The van der Waals surface area contributed by atoms with Gasteiger partial charge in [-0.15, -0.1) is 0 Å². The van der Waals surface area contributed by atoms with Crippen molar-refractivity contribution >= 4 is 16.0 Å². The fraction of sp³-hybridized carbons (Fsp3) is 0.286. The minimum atomic E-state index is -3.73. The molecule has 1 aromatic carbocycles. The van der Waals surface area contributed by atoms with Crippen molar-refractivity contribution in [1.82, 2.24) is 9.46 Å². The Morgan fingerprint density at radius 3 is 2.65 bits per heavy atom. The van der Waals surface area contributed by atoms with E-state index in [2.05, 4.69) is 5.16 Å². The first-order valence-corrected chi connectivity index (χ1v) is 8.22. The van der Waals surface area contributed by atoms with Crippen LogP contribution in [0.2, 0.25) is 0 Å². The van der Waals surface area contributed by atoms with Gasteiger partial charge in [-0.3, -0.25) is 0 Å². The number of hydrogen-bond donors (Lipinski definition) is 1. The van der Waals surface area contributed by atoms with Crippen LogP contribution in [-0.4, -0.2) is 42.6 Å². The minimum Gasteiger partial charge on any atom is -0.497 e. The van der Waals surface area contributed by atoms with E-state index in [-0.39, 0.29) is 30.1 Å². The lowest BCUT2D eigenvalue weighted by Crippen LogP contribution is -2.36. The van der Waals surface area contributed by atoms with E-state index in [1.165, 1.54) is 23.5 Å². The zero-order chi connectivity index (χ0) is 16.6.